The molecule has 0 bridgehead atoms. The fourth-order valence-electron chi connectivity index (χ4n) is 2.49. The van der Waals surface area contributed by atoms with Gasteiger partial charge in [0.15, 0.2) is 0 Å². The van der Waals surface area contributed by atoms with Crippen molar-refractivity contribution in [2.24, 2.45) is 0 Å². The van der Waals surface area contributed by atoms with Crippen LogP contribution in [-0.2, 0) is 6.42 Å². The van der Waals surface area contributed by atoms with E-state index in [4.69, 9.17) is 10.00 Å². The Hall–Kier alpha value is -3.92. The Morgan fingerprint density at radius 3 is 2.43 bits per heavy atom. The smallest absolute Gasteiger partial charge is 0.275 e. The molecule has 2 N–H and O–H groups in total. The van der Waals surface area contributed by atoms with Crippen molar-refractivity contribution >= 4 is 17.4 Å². The molecule has 1 amide bonds. The minimum absolute atomic E-state index is 0.213. The summed E-state index contributed by atoms with van der Waals surface area (Å²) in [6, 6.07) is 16.5. The molecule has 7 heteroatoms. The molecule has 0 radical (unpaired) electrons. The van der Waals surface area contributed by atoms with Gasteiger partial charge < -0.3 is 15.4 Å². The summed E-state index contributed by atoms with van der Waals surface area (Å²) < 4.78 is 5.14. The largest absolute Gasteiger partial charge is 0.497 e. The van der Waals surface area contributed by atoms with E-state index in [1.807, 2.05) is 30.3 Å². The van der Waals surface area contributed by atoms with Crippen LogP contribution in [0, 0.1) is 11.3 Å². The van der Waals surface area contributed by atoms with Crippen LogP contribution in [-0.4, -0.2) is 29.5 Å². The number of hydrogen-bond donors (Lipinski definition) is 2. The van der Waals surface area contributed by atoms with Crippen LogP contribution in [0.3, 0.4) is 0 Å². The van der Waals surface area contributed by atoms with Crippen molar-refractivity contribution in [3.63, 3.8) is 0 Å². The normalized spacial score (nSPS) is 10.0. The van der Waals surface area contributed by atoms with Gasteiger partial charge in [-0.15, -0.1) is 0 Å². The van der Waals surface area contributed by atoms with Gasteiger partial charge in [0.2, 0.25) is 0 Å². The number of nitriles is 1. The van der Waals surface area contributed by atoms with Crippen LogP contribution in [0.1, 0.15) is 21.6 Å². The second-order valence-electron chi connectivity index (χ2n) is 5.96. The molecule has 0 atom stereocenters. The maximum Gasteiger partial charge on any atom is 0.275 e. The zero-order valence-corrected chi connectivity index (χ0v) is 15.3. The Labute approximate surface area is 163 Å². The quantitative estimate of drug-likeness (QED) is 0.659. The predicted octanol–water partition coefficient (Wildman–Crippen LogP) is 3.26. The summed E-state index contributed by atoms with van der Waals surface area (Å²) in [6.45, 7) is 0.692. The van der Waals surface area contributed by atoms with Crippen LogP contribution >= 0.6 is 0 Å². The summed E-state index contributed by atoms with van der Waals surface area (Å²) in [5, 5.41) is 14.7. The number of hydrogen-bond acceptors (Lipinski definition) is 6. The minimum atomic E-state index is -0.359. The van der Waals surface area contributed by atoms with Crippen LogP contribution in [0.15, 0.2) is 60.9 Å². The molecule has 0 aliphatic carbocycles. The van der Waals surface area contributed by atoms with E-state index in [1.165, 1.54) is 18.0 Å². The number of carbonyl (C=O) groups excluding carboxylic acids is 1. The number of carbonyl (C=O) groups is 1. The van der Waals surface area contributed by atoms with E-state index in [0.29, 0.717) is 23.6 Å². The van der Waals surface area contributed by atoms with Gasteiger partial charge in [0.25, 0.3) is 5.91 Å². The first-order valence-corrected chi connectivity index (χ1v) is 8.68. The molecule has 1 heterocycles. The van der Waals surface area contributed by atoms with E-state index >= 15 is 0 Å². The molecule has 1 aromatic heterocycles. The number of nitrogens with zero attached hydrogens (tertiary/aromatic N) is 3. The molecule has 0 aliphatic rings. The molecule has 3 aromatic rings. The summed E-state index contributed by atoms with van der Waals surface area (Å²) in [6.07, 6.45) is 3.78. The second-order valence-corrected chi connectivity index (χ2v) is 5.96. The maximum atomic E-state index is 12.2. The Morgan fingerprint density at radius 2 is 1.82 bits per heavy atom. The van der Waals surface area contributed by atoms with Gasteiger partial charge in [-0.2, -0.15) is 5.26 Å². The Kier molecular flexibility index (Phi) is 6.16. The van der Waals surface area contributed by atoms with Crippen LogP contribution in [0.5, 0.6) is 5.75 Å². The van der Waals surface area contributed by atoms with Gasteiger partial charge in [-0.05, 0) is 48.4 Å². The molecule has 0 aliphatic heterocycles. The van der Waals surface area contributed by atoms with Crippen LogP contribution in [0.4, 0.5) is 11.5 Å². The van der Waals surface area contributed by atoms with Crippen LogP contribution < -0.4 is 15.4 Å². The predicted molar refractivity (Wildman–Crippen MR) is 106 cm³/mol. The lowest BCUT2D eigenvalue weighted by molar-refractivity contribution is 0.102. The highest BCUT2D eigenvalue weighted by Gasteiger charge is 2.08. The molecule has 2 aromatic carbocycles. The molecule has 7 nitrogen and oxygen atoms in total. The zero-order valence-electron chi connectivity index (χ0n) is 15.3. The molecule has 0 fully saturated rings. The third-order valence-corrected chi connectivity index (χ3v) is 4.04. The summed E-state index contributed by atoms with van der Waals surface area (Å²) in [7, 11) is 1.64. The average Bonchev–Trinajstić information content (AvgIpc) is 2.75. The van der Waals surface area contributed by atoms with Crippen molar-refractivity contribution in [2.75, 3.05) is 24.3 Å². The second kappa shape index (κ2) is 9.14. The Balaban J connectivity index is 1.50. The molecule has 0 unspecified atom stereocenters. The number of nitrogens with one attached hydrogen (secondary N) is 2. The topological polar surface area (TPSA) is 99.9 Å². The lowest BCUT2D eigenvalue weighted by Crippen LogP contribution is -2.15. The molecular weight excluding hydrogens is 354 g/mol. The number of amides is 1. The first kappa shape index (κ1) is 18.9. The van der Waals surface area contributed by atoms with Crippen molar-refractivity contribution in [1.29, 1.82) is 5.26 Å². The molecular formula is C21H19N5O2. The number of methoxy groups -OCH3 is 1. The fourth-order valence-corrected chi connectivity index (χ4v) is 2.49. The van der Waals surface area contributed by atoms with Crippen LogP contribution in [0.2, 0.25) is 0 Å². The van der Waals surface area contributed by atoms with Crippen molar-refractivity contribution in [2.45, 2.75) is 6.42 Å². The number of rotatable bonds is 7. The number of benzene rings is 2. The van der Waals surface area contributed by atoms with Gasteiger partial charge in [0.05, 0.1) is 31.1 Å². The Bertz CT molecular complexity index is 962. The van der Waals surface area contributed by atoms with Gasteiger partial charge >= 0.3 is 0 Å². The van der Waals surface area contributed by atoms with Gasteiger partial charge in [-0.25, -0.2) is 9.97 Å². The average molecular weight is 373 g/mol. The molecule has 0 spiro atoms. The standard InChI is InChI=1S/C21H19N5O2/c1-28-18-8-4-15(5-9-18)10-11-23-20-14-24-19(13-25-20)21(27)26-17-6-2-16(12-22)3-7-17/h2-9,13-14H,10-11H2,1H3,(H,23,25)(H,26,27). The SMILES string of the molecule is COc1ccc(CCNc2cnc(C(=O)Nc3ccc(C#N)cc3)cn2)cc1. The zero-order chi connectivity index (χ0) is 19.8. The summed E-state index contributed by atoms with van der Waals surface area (Å²) in [5.74, 6) is 1.07. The third kappa shape index (κ3) is 5.05. The first-order valence-electron chi connectivity index (χ1n) is 8.68. The first-order chi connectivity index (χ1) is 13.7. The maximum absolute atomic E-state index is 12.2. The highest BCUT2D eigenvalue weighted by atomic mass is 16.5. The Morgan fingerprint density at radius 1 is 1.07 bits per heavy atom. The lowest BCUT2D eigenvalue weighted by Gasteiger charge is -2.07. The summed E-state index contributed by atoms with van der Waals surface area (Å²) >= 11 is 0. The van der Waals surface area contributed by atoms with E-state index < -0.39 is 0 Å². The van der Waals surface area contributed by atoms with E-state index in [1.54, 1.807) is 31.4 Å². The highest BCUT2D eigenvalue weighted by Crippen LogP contribution is 2.12. The molecule has 0 saturated carbocycles. The number of ether oxygens (including phenoxy) is 1. The van der Waals surface area contributed by atoms with E-state index in [0.717, 1.165) is 12.2 Å². The molecule has 28 heavy (non-hydrogen) atoms. The fraction of sp³-hybridized carbons (Fsp3) is 0.143. The van der Waals surface area contributed by atoms with Crippen molar-refractivity contribution in [3.05, 3.63) is 77.7 Å². The number of aromatic nitrogens is 2. The summed E-state index contributed by atoms with van der Waals surface area (Å²) in [4.78, 5) is 20.6. The van der Waals surface area contributed by atoms with Crippen LogP contribution in [0.25, 0.3) is 0 Å². The van der Waals surface area contributed by atoms with Crippen molar-refractivity contribution in [3.8, 4) is 11.8 Å². The monoisotopic (exact) mass is 373 g/mol. The van der Waals surface area contributed by atoms with E-state index in [2.05, 4.69) is 20.6 Å². The third-order valence-electron chi connectivity index (χ3n) is 4.04. The highest BCUT2D eigenvalue weighted by molar-refractivity contribution is 6.02. The number of anilines is 2. The summed E-state index contributed by atoms with van der Waals surface area (Å²) in [5.41, 5.74) is 2.51. The van der Waals surface area contributed by atoms with Crippen molar-refractivity contribution in [1.82, 2.24) is 9.97 Å². The minimum Gasteiger partial charge on any atom is -0.497 e. The van der Waals surface area contributed by atoms with Gasteiger partial charge in [-0.3, -0.25) is 4.79 Å². The molecule has 140 valence electrons. The van der Waals surface area contributed by atoms with E-state index in [-0.39, 0.29) is 11.6 Å². The van der Waals surface area contributed by atoms with Gasteiger partial charge in [0.1, 0.15) is 17.3 Å². The van der Waals surface area contributed by atoms with Gasteiger partial charge in [-0.1, -0.05) is 12.1 Å². The molecule has 3 rings (SSSR count). The molecule has 0 saturated heterocycles. The van der Waals surface area contributed by atoms with Gasteiger partial charge in [0, 0.05) is 12.2 Å². The van der Waals surface area contributed by atoms with E-state index in [9.17, 15) is 4.79 Å². The lowest BCUT2D eigenvalue weighted by atomic mass is 10.1. The van der Waals surface area contributed by atoms with Crippen molar-refractivity contribution < 1.29 is 9.53 Å².